The molecular formula is C12H12F2N2O. The van der Waals surface area contributed by atoms with E-state index in [0.29, 0.717) is 12.5 Å². The molecule has 1 aromatic carbocycles. The van der Waals surface area contributed by atoms with Gasteiger partial charge < -0.3 is 5.32 Å². The number of carbonyl (C=O) groups is 1. The molecule has 1 amide bonds. The number of carbonyl (C=O) groups excluding carboxylic acids is 1. The Morgan fingerprint density at radius 1 is 1.53 bits per heavy atom. The second kappa shape index (κ2) is 4.91. The summed E-state index contributed by atoms with van der Waals surface area (Å²) in [5.41, 5.74) is -1.33. The van der Waals surface area contributed by atoms with Crippen LogP contribution in [0.4, 0.5) is 8.78 Å². The maximum Gasteiger partial charge on any atom is 0.255 e. The zero-order valence-corrected chi connectivity index (χ0v) is 9.55. The van der Waals surface area contributed by atoms with Gasteiger partial charge in [-0.2, -0.15) is 5.26 Å². The van der Waals surface area contributed by atoms with Crippen LogP contribution in [0.1, 0.15) is 30.6 Å². The van der Waals surface area contributed by atoms with E-state index in [1.807, 2.05) is 6.07 Å². The first-order valence-electron chi connectivity index (χ1n) is 5.10. The van der Waals surface area contributed by atoms with Gasteiger partial charge in [-0.25, -0.2) is 8.78 Å². The topological polar surface area (TPSA) is 52.9 Å². The van der Waals surface area contributed by atoms with Crippen molar-refractivity contribution < 1.29 is 13.6 Å². The zero-order valence-electron chi connectivity index (χ0n) is 9.55. The van der Waals surface area contributed by atoms with E-state index in [-0.39, 0.29) is 5.56 Å². The Balaban J connectivity index is 2.95. The Labute approximate surface area is 98.1 Å². The molecule has 0 saturated carbocycles. The van der Waals surface area contributed by atoms with E-state index in [9.17, 15) is 13.6 Å². The Bertz CT molecular complexity index is 482. The molecule has 1 N–H and O–H groups in total. The molecule has 0 saturated heterocycles. The number of nitrogens with zero attached hydrogens (tertiary/aromatic N) is 1. The second-order valence-electron chi connectivity index (χ2n) is 3.88. The van der Waals surface area contributed by atoms with Crippen LogP contribution in [0.25, 0.3) is 0 Å². The zero-order chi connectivity index (χ0) is 13.1. The minimum atomic E-state index is -1.06. The molecule has 17 heavy (non-hydrogen) atoms. The molecule has 1 aromatic rings. The van der Waals surface area contributed by atoms with Crippen molar-refractivity contribution in [3.05, 3.63) is 35.4 Å². The molecule has 3 nitrogen and oxygen atoms in total. The van der Waals surface area contributed by atoms with Crippen molar-refractivity contribution in [2.45, 2.75) is 25.8 Å². The predicted molar refractivity (Wildman–Crippen MR) is 58.1 cm³/mol. The molecule has 90 valence electrons. The van der Waals surface area contributed by atoms with Crippen LogP contribution < -0.4 is 5.32 Å². The maximum absolute atomic E-state index is 13.3. The Hall–Kier alpha value is -1.96. The molecule has 0 aliphatic carbocycles. The van der Waals surface area contributed by atoms with Crippen LogP contribution in [0.3, 0.4) is 0 Å². The van der Waals surface area contributed by atoms with Gasteiger partial charge in [0.25, 0.3) is 5.91 Å². The quantitative estimate of drug-likeness (QED) is 0.879. The highest BCUT2D eigenvalue weighted by molar-refractivity contribution is 5.95. The average molecular weight is 238 g/mol. The van der Waals surface area contributed by atoms with E-state index in [4.69, 9.17) is 5.26 Å². The van der Waals surface area contributed by atoms with Gasteiger partial charge in [0.05, 0.1) is 11.6 Å². The highest BCUT2D eigenvalue weighted by atomic mass is 19.1. The number of rotatable bonds is 3. The molecule has 0 aliphatic heterocycles. The van der Waals surface area contributed by atoms with Crippen molar-refractivity contribution in [1.82, 2.24) is 5.32 Å². The van der Waals surface area contributed by atoms with Gasteiger partial charge >= 0.3 is 0 Å². The van der Waals surface area contributed by atoms with Gasteiger partial charge in [0.2, 0.25) is 0 Å². The van der Waals surface area contributed by atoms with Gasteiger partial charge in [0.1, 0.15) is 17.2 Å². The van der Waals surface area contributed by atoms with E-state index in [0.717, 1.165) is 12.1 Å². The predicted octanol–water partition coefficient (Wildman–Crippen LogP) is 2.39. The lowest BCUT2D eigenvalue weighted by Crippen LogP contribution is -2.44. The molecule has 0 bridgehead atoms. The van der Waals surface area contributed by atoms with Crippen LogP contribution in [0, 0.1) is 23.0 Å². The lowest BCUT2D eigenvalue weighted by atomic mass is 10.0. The van der Waals surface area contributed by atoms with Crippen LogP contribution in [0.5, 0.6) is 0 Å². The first-order valence-corrected chi connectivity index (χ1v) is 5.10. The van der Waals surface area contributed by atoms with E-state index < -0.39 is 23.1 Å². The van der Waals surface area contributed by atoms with Gasteiger partial charge in [-0.15, -0.1) is 0 Å². The van der Waals surface area contributed by atoms with Crippen molar-refractivity contribution in [3.8, 4) is 6.07 Å². The normalized spacial score (nSPS) is 13.6. The second-order valence-corrected chi connectivity index (χ2v) is 3.88. The van der Waals surface area contributed by atoms with E-state index in [1.54, 1.807) is 6.92 Å². The summed E-state index contributed by atoms with van der Waals surface area (Å²) in [6.45, 7) is 3.26. The lowest BCUT2D eigenvalue weighted by molar-refractivity contribution is 0.0919. The van der Waals surface area contributed by atoms with Crippen molar-refractivity contribution in [2.75, 3.05) is 0 Å². The first-order chi connectivity index (χ1) is 7.91. The number of nitrogens with one attached hydrogen (secondary N) is 1. The number of halogens is 2. The van der Waals surface area contributed by atoms with Crippen molar-refractivity contribution in [3.63, 3.8) is 0 Å². The Morgan fingerprint density at radius 3 is 2.65 bits per heavy atom. The number of amides is 1. The number of hydrogen-bond acceptors (Lipinski definition) is 2. The smallest absolute Gasteiger partial charge is 0.255 e. The van der Waals surface area contributed by atoms with Gasteiger partial charge in [-0.05, 0) is 25.5 Å². The average Bonchev–Trinajstić information content (AvgIpc) is 2.28. The van der Waals surface area contributed by atoms with Gasteiger partial charge in [0.15, 0.2) is 0 Å². The minimum absolute atomic E-state index is 0.277. The number of hydrogen-bond donors (Lipinski definition) is 1. The van der Waals surface area contributed by atoms with Crippen LogP contribution in [0.15, 0.2) is 18.2 Å². The lowest BCUT2D eigenvalue weighted by Gasteiger charge is -2.21. The summed E-state index contributed by atoms with van der Waals surface area (Å²) in [5.74, 6) is -2.43. The summed E-state index contributed by atoms with van der Waals surface area (Å²) in [5, 5.41) is 11.3. The molecule has 0 unspecified atom stereocenters. The number of benzene rings is 1. The molecule has 1 atom stereocenters. The largest absolute Gasteiger partial charge is 0.334 e. The molecule has 0 aliphatic rings. The summed E-state index contributed by atoms with van der Waals surface area (Å²) >= 11 is 0. The molecule has 0 aromatic heterocycles. The fourth-order valence-corrected chi connectivity index (χ4v) is 1.19. The van der Waals surface area contributed by atoms with Gasteiger partial charge in [0, 0.05) is 6.07 Å². The molecule has 5 heteroatoms. The van der Waals surface area contributed by atoms with E-state index in [1.165, 1.54) is 6.92 Å². The Morgan fingerprint density at radius 2 is 2.18 bits per heavy atom. The molecular weight excluding hydrogens is 226 g/mol. The summed E-state index contributed by atoms with van der Waals surface area (Å²) in [6.07, 6.45) is 0.387. The van der Waals surface area contributed by atoms with Crippen LogP contribution in [0.2, 0.25) is 0 Å². The number of nitriles is 1. The van der Waals surface area contributed by atoms with Crippen molar-refractivity contribution >= 4 is 5.91 Å². The summed E-state index contributed by atoms with van der Waals surface area (Å²) in [4.78, 5) is 11.7. The summed E-state index contributed by atoms with van der Waals surface area (Å²) in [7, 11) is 0. The van der Waals surface area contributed by atoms with Gasteiger partial charge in [-0.1, -0.05) is 6.92 Å². The van der Waals surface area contributed by atoms with Gasteiger partial charge in [-0.3, -0.25) is 4.79 Å². The standard InChI is InChI=1S/C12H12F2N2O/c1-3-12(2,7-15)16-11(17)9-5-4-8(13)6-10(9)14/h4-6H,3H2,1-2H3,(H,16,17)/t12-/m1/s1. The third-order valence-corrected chi connectivity index (χ3v) is 2.52. The monoisotopic (exact) mass is 238 g/mol. The first kappa shape index (κ1) is 13.1. The molecule has 0 spiro atoms. The Kier molecular flexibility index (Phi) is 3.79. The molecule has 0 fully saturated rings. The van der Waals surface area contributed by atoms with Crippen molar-refractivity contribution in [1.29, 1.82) is 5.26 Å². The highest BCUT2D eigenvalue weighted by Crippen LogP contribution is 2.13. The maximum atomic E-state index is 13.3. The van der Waals surface area contributed by atoms with E-state index in [2.05, 4.69) is 5.32 Å². The van der Waals surface area contributed by atoms with E-state index >= 15 is 0 Å². The molecule has 0 heterocycles. The van der Waals surface area contributed by atoms with Crippen LogP contribution in [-0.2, 0) is 0 Å². The fraction of sp³-hybridized carbons (Fsp3) is 0.333. The fourth-order valence-electron chi connectivity index (χ4n) is 1.19. The third kappa shape index (κ3) is 3.00. The molecule has 1 rings (SSSR count). The van der Waals surface area contributed by atoms with Crippen molar-refractivity contribution in [2.24, 2.45) is 0 Å². The minimum Gasteiger partial charge on any atom is -0.334 e. The summed E-state index contributed by atoms with van der Waals surface area (Å²) < 4.78 is 26.0. The van der Waals surface area contributed by atoms with Crippen LogP contribution >= 0.6 is 0 Å². The summed E-state index contributed by atoms with van der Waals surface area (Å²) in [6, 6.07) is 4.60. The highest BCUT2D eigenvalue weighted by Gasteiger charge is 2.25. The third-order valence-electron chi connectivity index (χ3n) is 2.52. The SMILES string of the molecule is CC[C@](C)(C#N)NC(=O)c1ccc(F)cc1F. The molecule has 0 radical (unpaired) electrons. The van der Waals surface area contributed by atoms with Crippen LogP contribution in [-0.4, -0.2) is 11.4 Å².